The monoisotopic (exact) mass is 204 g/mol. The largest absolute Gasteiger partial charge is 0.275 e. The number of amidine groups is 1. The molecule has 0 radical (unpaired) electrons. The maximum atomic E-state index is 4.04. The maximum absolute atomic E-state index is 4.04. The Morgan fingerprint density at radius 1 is 1.31 bits per heavy atom. The Hall–Kier alpha value is -0.340. The summed E-state index contributed by atoms with van der Waals surface area (Å²) in [6.45, 7) is 7.01. The molecule has 4 nitrogen and oxygen atoms in total. The molecule has 1 saturated heterocycles. The minimum atomic E-state index is 1.09. The van der Waals surface area contributed by atoms with E-state index in [1.54, 1.807) is 0 Å². The molecule has 1 unspecified atom stereocenters. The highest BCUT2D eigenvalue weighted by molar-refractivity contribution is 7.15. The second-order valence-electron chi connectivity index (χ2n) is 2.36. The van der Waals surface area contributed by atoms with Crippen LogP contribution in [0.2, 0.25) is 0 Å². The molecule has 0 saturated carbocycles. The van der Waals surface area contributed by atoms with Crippen LogP contribution in [0.4, 0.5) is 0 Å². The van der Waals surface area contributed by atoms with E-state index in [0.717, 1.165) is 18.8 Å². The lowest BCUT2D eigenvalue weighted by atomic mass is 10.1. The fourth-order valence-corrected chi connectivity index (χ4v) is 1.20. The summed E-state index contributed by atoms with van der Waals surface area (Å²) in [5.41, 5.74) is 5.67. The first kappa shape index (κ1) is 12.7. The number of hydrazine groups is 2. The normalized spacial score (nSPS) is 18.2. The van der Waals surface area contributed by atoms with Gasteiger partial charge in [-0.25, -0.2) is 5.53 Å². The van der Waals surface area contributed by atoms with Crippen LogP contribution < -0.4 is 11.1 Å². The lowest BCUT2D eigenvalue weighted by Crippen LogP contribution is -2.43. The molecular weight excluding hydrogens is 183 g/mol. The number of nitrogens with zero attached hydrogens (tertiary/aromatic N) is 2. The molecule has 1 atom stereocenters. The van der Waals surface area contributed by atoms with Crippen LogP contribution in [0.3, 0.4) is 0 Å². The van der Waals surface area contributed by atoms with Crippen LogP contribution >= 0.6 is 9.24 Å². The molecule has 0 amide bonds. The molecular formula is C8H21N4P. The SMILES string of the molecule is C1CCN2NNN=C2C1.CC.CP. The Balaban J connectivity index is 0.000000322. The van der Waals surface area contributed by atoms with Crippen molar-refractivity contribution in [2.24, 2.45) is 5.10 Å². The van der Waals surface area contributed by atoms with E-state index < -0.39 is 0 Å². The van der Waals surface area contributed by atoms with Crippen LogP contribution in [-0.2, 0) is 0 Å². The number of hydrogen-bond acceptors (Lipinski definition) is 4. The Morgan fingerprint density at radius 3 is 2.62 bits per heavy atom. The molecule has 2 heterocycles. The van der Waals surface area contributed by atoms with Crippen molar-refractivity contribution in [2.45, 2.75) is 33.1 Å². The van der Waals surface area contributed by atoms with Gasteiger partial charge >= 0.3 is 0 Å². The van der Waals surface area contributed by atoms with Crippen molar-refractivity contribution < 1.29 is 0 Å². The van der Waals surface area contributed by atoms with Gasteiger partial charge in [-0.3, -0.25) is 5.01 Å². The number of fused-ring (bicyclic) bond motifs is 1. The minimum absolute atomic E-state index is 1.09. The van der Waals surface area contributed by atoms with Gasteiger partial charge in [0, 0.05) is 13.0 Å². The molecule has 0 bridgehead atoms. The summed E-state index contributed by atoms with van der Waals surface area (Å²) in [5.74, 6) is 1.15. The van der Waals surface area contributed by atoms with E-state index in [4.69, 9.17) is 0 Å². The average Bonchev–Trinajstić information content (AvgIpc) is 2.71. The molecule has 0 aromatic rings. The van der Waals surface area contributed by atoms with Crippen molar-refractivity contribution in [2.75, 3.05) is 13.2 Å². The van der Waals surface area contributed by atoms with E-state index in [1.807, 2.05) is 20.5 Å². The second-order valence-corrected chi connectivity index (χ2v) is 2.36. The Labute approximate surface area is 83.3 Å². The van der Waals surface area contributed by atoms with Crippen molar-refractivity contribution >= 4 is 15.1 Å². The van der Waals surface area contributed by atoms with Crippen LogP contribution in [0.25, 0.3) is 0 Å². The highest BCUT2D eigenvalue weighted by atomic mass is 31.0. The lowest BCUT2D eigenvalue weighted by molar-refractivity contribution is 0.271. The summed E-state index contributed by atoms with van der Waals surface area (Å²) >= 11 is 0. The summed E-state index contributed by atoms with van der Waals surface area (Å²) in [6, 6.07) is 0. The van der Waals surface area contributed by atoms with Crippen molar-refractivity contribution in [1.29, 1.82) is 0 Å². The van der Waals surface area contributed by atoms with Crippen molar-refractivity contribution in [3.8, 4) is 0 Å². The third kappa shape index (κ3) is 3.92. The predicted octanol–water partition coefficient (Wildman–Crippen LogP) is 1.33. The van der Waals surface area contributed by atoms with Gasteiger partial charge in [-0.15, -0.1) is 19.9 Å². The number of hydrazone groups is 1. The molecule has 0 aliphatic carbocycles. The first-order chi connectivity index (χ1) is 6.47. The van der Waals surface area contributed by atoms with E-state index >= 15 is 0 Å². The van der Waals surface area contributed by atoms with E-state index in [0.29, 0.717) is 0 Å². The van der Waals surface area contributed by atoms with E-state index in [-0.39, 0.29) is 0 Å². The van der Waals surface area contributed by atoms with Gasteiger partial charge < -0.3 is 0 Å². The molecule has 2 N–H and O–H groups in total. The molecule has 5 heteroatoms. The summed E-state index contributed by atoms with van der Waals surface area (Å²) in [4.78, 5) is 0. The molecule has 0 aromatic carbocycles. The first-order valence-corrected chi connectivity index (χ1v) is 6.05. The fraction of sp³-hybridized carbons (Fsp3) is 0.875. The second kappa shape index (κ2) is 8.27. The zero-order valence-electron chi connectivity index (χ0n) is 8.80. The van der Waals surface area contributed by atoms with Gasteiger partial charge in [0.25, 0.3) is 0 Å². The Morgan fingerprint density at radius 2 is 2.00 bits per heavy atom. The smallest absolute Gasteiger partial charge is 0.142 e. The van der Waals surface area contributed by atoms with Crippen LogP contribution in [-0.4, -0.2) is 24.1 Å². The molecule has 2 aliphatic rings. The Bertz CT molecular complexity index is 149. The lowest BCUT2D eigenvalue weighted by Gasteiger charge is -2.22. The van der Waals surface area contributed by atoms with Gasteiger partial charge in [-0.2, -0.15) is 0 Å². The Kier molecular flexibility index (Phi) is 8.05. The van der Waals surface area contributed by atoms with Crippen molar-refractivity contribution in [3.05, 3.63) is 0 Å². The molecule has 0 aromatic heterocycles. The van der Waals surface area contributed by atoms with Gasteiger partial charge in [0.2, 0.25) is 0 Å². The number of piperidine rings is 1. The standard InChI is InChI=1S/C5H10N4.C2H6.CH5P/c1-2-4-9-5(3-1)6-7-8-9;2*1-2/h7-8H,1-4H2;1-2H3;2H2,1H3. The zero-order chi connectivity index (χ0) is 10.1. The summed E-state index contributed by atoms with van der Waals surface area (Å²) in [6.07, 6.45) is 3.66. The third-order valence-electron chi connectivity index (χ3n) is 1.71. The summed E-state index contributed by atoms with van der Waals surface area (Å²) < 4.78 is 0. The van der Waals surface area contributed by atoms with Crippen LogP contribution in [0.15, 0.2) is 5.10 Å². The maximum Gasteiger partial charge on any atom is 0.142 e. The quantitative estimate of drug-likeness (QED) is 0.585. The topological polar surface area (TPSA) is 39.7 Å². The van der Waals surface area contributed by atoms with E-state index in [2.05, 4.69) is 30.4 Å². The molecule has 2 aliphatic heterocycles. The van der Waals surface area contributed by atoms with Crippen molar-refractivity contribution in [3.63, 3.8) is 0 Å². The third-order valence-corrected chi connectivity index (χ3v) is 1.71. The van der Waals surface area contributed by atoms with Crippen LogP contribution in [0, 0.1) is 0 Å². The molecule has 78 valence electrons. The van der Waals surface area contributed by atoms with Crippen LogP contribution in [0.5, 0.6) is 0 Å². The fourth-order valence-electron chi connectivity index (χ4n) is 1.20. The number of hydrogen-bond donors (Lipinski definition) is 2. The van der Waals surface area contributed by atoms with Gasteiger partial charge in [0.1, 0.15) is 5.84 Å². The van der Waals surface area contributed by atoms with Gasteiger partial charge in [0.15, 0.2) is 0 Å². The number of nitrogens with one attached hydrogen (secondary N) is 2. The summed E-state index contributed by atoms with van der Waals surface area (Å²) in [5, 5.41) is 6.10. The van der Waals surface area contributed by atoms with Gasteiger partial charge in [0.05, 0.1) is 0 Å². The first-order valence-electron chi connectivity index (χ1n) is 4.89. The van der Waals surface area contributed by atoms with E-state index in [1.165, 1.54) is 12.8 Å². The molecule has 13 heavy (non-hydrogen) atoms. The minimum Gasteiger partial charge on any atom is -0.275 e. The highest BCUT2D eigenvalue weighted by Gasteiger charge is 2.19. The predicted molar refractivity (Wildman–Crippen MR) is 61.2 cm³/mol. The summed E-state index contributed by atoms with van der Waals surface area (Å²) in [7, 11) is 2.42. The average molecular weight is 204 g/mol. The van der Waals surface area contributed by atoms with Gasteiger partial charge in [-0.1, -0.05) is 20.5 Å². The molecule has 1 fully saturated rings. The molecule has 0 spiro atoms. The van der Waals surface area contributed by atoms with Crippen LogP contribution in [0.1, 0.15) is 33.1 Å². The zero-order valence-corrected chi connectivity index (χ0v) is 9.95. The number of rotatable bonds is 0. The molecule has 2 rings (SSSR count). The van der Waals surface area contributed by atoms with E-state index in [9.17, 15) is 0 Å². The highest BCUT2D eigenvalue weighted by Crippen LogP contribution is 2.10. The van der Waals surface area contributed by atoms with Crippen molar-refractivity contribution in [1.82, 2.24) is 16.1 Å². The van der Waals surface area contributed by atoms with Gasteiger partial charge in [-0.05, 0) is 12.8 Å².